The number of nitrogen functional groups attached to an aromatic ring is 3. The molecule has 0 atom stereocenters. The van der Waals surface area contributed by atoms with Crippen LogP contribution < -0.4 is 48.6 Å². The average molecular weight is 2070 g/mol. The lowest BCUT2D eigenvalue weighted by atomic mass is 10.0. The van der Waals surface area contributed by atoms with E-state index in [1.54, 1.807) is 63.6 Å². The summed E-state index contributed by atoms with van der Waals surface area (Å²) < 4.78 is 48.4. The van der Waals surface area contributed by atoms with Crippen molar-refractivity contribution in [2.45, 2.75) is 80.1 Å². The second-order valence-corrected chi connectivity index (χ2v) is 36.9. The first-order valence-electron chi connectivity index (χ1n) is 41.3. The van der Waals surface area contributed by atoms with Gasteiger partial charge in [-0.05, 0) is 110 Å². The minimum Gasteiger partial charge on any atom is -0.396 e. The average Bonchev–Trinajstić information content (AvgIpc) is 0.728. The number of pyridine rings is 9. The summed E-state index contributed by atoms with van der Waals surface area (Å²) >= 11 is 77.7. The molecular formula is C93H78Cl12F3N21O6. The monoisotopic (exact) mass is 2060 g/mol. The number of aryl methyl sites for hydroxylation is 3. The van der Waals surface area contributed by atoms with Gasteiger partial charge < -0.3 is 46.6 Å². The van der Waals surface area contributed by atoms with Crippen LogP contribution in [-0.4, -0.2) is 155 Å². The number of nitrogens with zero attached hydrogens (tertiary/aromatic N) is 18. The molecule has 12 heterocycles. The second kappa shape index (κ2) is 40.7. The number of nitrogens with two attached hydrogens (primary N) is 3. The number of aromatic nitrogens is 9. The van der Waals surface area contributed by atoms with E-state index in [2.05, 4.69) is 52.9 Å². The predicted molar refractivity (Wildman–Crippen MR) is 533 cm³/mol. The SMILES string of the molecule is C=CC(=O)N1CCN(c2c(C#N)c(=O)n(-c3c(C)ccnc3C(C)C)c3nc(-c4c(Cl)c(N)c(Cl)c(F)c4Cl)c(Cl)cc23)CC1.C=CC(=O)N1CCN(c2c(C#N)c(=O)n(-c3c(C)ccnc3C(C)C)c3nc(-c4c(Cl)c(N)c(F)c(Cl)c4Cl)c(Cl)cc23)CC1.C=CC(=O)N1CCN(c2c(C#N)c(=O)n(-c3c(C)ccnc3C(C)C)c3nc(-c4c(Cl)c(N)c(F)c(Cl)c4Cl)c(Cl)cc23)CC1. The summed E-state index contributed by atoms with van der Waals surface area (Å²) in [5.41, 5.74) is 20.5. The third kappa shape index (κ3) is 18.2. The largest absolute Gasteiger partial charge is 0.396 e. The molecular weight excluding hydrogens is 1990 g/mol. The van der Waals surface area contributed by atoms with Gasteiger partial charge in [-0.1, -0.05) is 200 Å². The molecule has 9 aromatic heterocycles. The molecule has 3 saturated heterocycles. The number of hydrogen-bond donors (Lipinski definition) is 3. The Kier molecular flexibility index (Phi) is 30.4. The topological polar surface area (TPSA) is 363 Å². The van der Waals surface area contributed by atoms with Crippen molar-refractivity contribution >= 4 is 224 Å². The van der Waals surface area contributed by atoms with E-state index in [1.807, 2.05) is 77.0 Å². The molecule has 3 aliphatic rings. The maximum atomic E-state index is 15.1. The van der Waals surface area contributed by atoms with E-state index < -0.39 is 65.6 Å². The van der Waals surface area contributed by atoms with Crippen molar-refractivity contribution in [3.8, 4) is 69.0 Å². The van der Waals surface area contributed by atoms with Crippen LogP contribution in [0, 0.1) is 72.2 Å². The fourth-order valence-corrected chi connectivity index (χ4v) is 19.7. The fraction of sp³-hybridized carbons (Fsp3) is 0.258. The Balaban J connectivity index is 0.000000171. The number of carbonyl (C=O) groups is 3. The van der Waals surface area contributed by atoms with Crippen molar-refractivity contribution in [2.24, 2.45) is 0 Å². The summed E-state index contributed by atoms with van der Waals surface area (Å²) in [4.78, 5) is 119. The molecule has 0 saturated carbocycles. The van der Waals surface area contributed by atoms with Crippen LogP contribution in [0.5, 0.6) is 0 Å². The minimum absolute atomic E-state index is 0.00442. The molecule has 6 N–H and O–H groups in total. The van der Waals surface area contributed by atoms with Gasteiger partial charge in [-0.2, -0.15) is 15.8 Å². The Hall–Kier alpha value is -11.6. The lowest BCUT2D eigenvalue weighted by Gasteiger charge is -2.36. The van der Waals surface area contributed by atoms with Gasteiger partial charge in [0.05, 0.1) is 141 Å². The van der Waals surface area contributed by atoms with Crippen molar-refractivity contribution in [3.05, 3.63) is 252 Å². The number of nitriles is 3. The van der Waals surface area contributed by atoms with Gasteiger partial charge in [-0.3, -0.25) is 57.4 Å². The minimum atomic E-state index is -1.01. The van der Waals surface area contributed by atoms with Gasteiger partial charge in [0.25, 0.3) is 16.7 Å². The highest BCUT2D eigenvalue weighted by Gasteiger charge is 2.38. The molecule has 3 aliphatic heterocycles. The van der Waals surface area contributed by atoms with Crippen LogP contribution in [0.1, 0.15) is 110 Å². The van der Waals surface area contributed by atoms with E-state index in [1.165, 1.54) is 38.0 Å². The number of benzene rings is 3. The van der Waals surface area contributed by atoms with Gasteiger partial charge >= 0.3 is 0 Å². The number of halogens is 15. The van der Waals surface area contributed by atoms with Gasteiger partial charge in [0.15, 0.2) is 17.5 Å². The molecule has 0 unspecified atom stereocenters. The van der Waals surface area contributed by atoms with Crippen molar-refractivity contribution < 1.29 is 27.6 Å². The lowest BCUT2D eigenvalue weighted by molar-refractivity contribution is -0.127. The number of piperazine rings is 3. The third-order valence-electron chi connectivity index (χ3n) is 23.2. The van der Waals surface area contributed by atoms with E-state index in [0.29, 0.717) is 163 Å². The quantitative estimate of drug-likeness (QED) is 0.0371. The normalized spacial score (nSPS) is 13.4. The van der Waals surface area contributed by atoms with Gasteiger partial charge in [0.2, 0.25) is 17.7 Å². The van der Waals surface area contributed by atoms with Crippen molar-refractivity contribution in [3.63, 3.8) is 0 Å². The Bertz CT molecular complexity index is 6640. The van der Waals surface area contributed by atoms with Crippen LogP contribution in [0.25, 0.3) is 83.9 Å². The molecule has 0 bridgehead atoms. The number of rotatable bonds is 15. The van der Waals surface area contributed by atoms with E-state index in [9.17, 15) is 53.3 Å². The summed E-state index contributed by atoms with van der Waals surface area (Å²) in [5, 5.41) is 29.3. The van der Waals surface area contributed by atoms with Crippen molar-refractivity contribution in [1.29, 1.82) is 15.8 Å². The third-order valence-corrected chi connectivity index (χ3v) is 27.6. The zero-order valence-corrected chi connectivity index (χ0v) is 82.2. The van der Waals surface area contributed by atoms with Gasteiger partial charge in [-0.25, -0.2) is 28.1 Å². The van der Waals surface area contributed by atoms with Gasteiger partial charge in [0, 0.05) is 130 Å². The van der Waals surface area contributed by atoms with Gasteiger partial charge in [-0.15, -0.1) is 0 Å². The zero-order valence-electron chi connectivity index (χ0n) is 73.2. The highest BCUT2D eigenvalue weighted by Crippen LogP contribution is 2.52. The number of anilines is 6. The molecule has 135 heavy (non-hydrogen) atoms. The summed E-state index contributed by atoms with van der Waals surface area (Å²) in [5.74, 6) is -4.01. The number of fused-ring (bicyclic) bond motifs is 3. The maximum Gasteiger partial charge on any atom is 0.276 e. The first kappa shape index (κ1) is 101. The number of hydrogen-bond acceptors (Lipinski definition) is 21. The Morgan fingerprint density at radius 1 is 0.378 bits per heavy atom. The van der Waals surface area contributed by atoms with Crippen LogP contribution in [0.4, 0.5) is 47.3 Å². The number of amides is 3. The Morgan fingerprint density at radius 2 is 0.630 bits per heavy atom. The standard InChI is InChI=1S/3C31H26Cl4FN7O2/c1-5-19(44)41-8-10-42(11-9-41)29-16-12-18(32)27(20-21(33)24(36)23(35)25(38)22(20)34)40-30(16)43(31(45)17(29)13-37)28-15(4)6-7-39-26(28)14(2)3;2*1-5-19(44)41-8-10-42(11-9-41)29-16-12-18(32)27(20-21(33)23(35)24(36)25(38)22(20)34)40-30(16)43(31(45)17(29)13-37)28-15(4)6-7-39-26(28)14(2)3/h3*5-7,12,14H,1,8-11,38H2,2-4H3. The van der Waals surface area contributed by atoms with E-state index >= 15 is 4.39 Å². The molecule has 27 nitrogen and oxygen atoms in total. The summed E-state index contributed by atoms with van der Waals surface area (Å²) in [6.45, 7) is 31.6. The smallest absolute Gasteiger partial charge is 0.276 e. The number of carbonyl (C=O) groups excluding carboxylic acids is 3. The molecule has 12 aromatic rings. The molecule has 15 rings (SSSR count). The highest BCUT2D eigenvalue weighted by atomic mass is 35.5. The molecule has 0 radical (unpaired) electrons. The van der Waals surface area contributed by atoms with Crippen molar-refractivity contribution in [2.75, 3.05) is 110 Å². The highest BCUT2D eigenvalue weighted by molar-refractivity contribution is 6.50. The second-order valence-electron chi connectivity index (χ2n) is 32.2. The summed E-state index contributed by atoms with van der Waals surface area (Å²) in [6.07, 6.45) is 8.65. The fourth-order valence-electron chi connectivity index (χ4n) is 16.5. The van der Waals surface area contributed by atoms with Gasteiger partial charge in [0.1, 0.15) is 56.9 Å². The van der Waals surface area contributed by atoms with Crippen LogP contribution in [0.15, 0.2) is 107 Å². The molecule has 0 spiro atoms. The Labute approximate surface area is 830 Å². The lowest BCUT2D eigenvalue weighted by Crippen LogP contribution is -2.49. The molecule has 3 aromatic carbocycles. The van der Waals surface area contributed by atoms with E-state index in [0.717, 1.165) is 0 Å². The maximum absolute atomic E-state index is 15.1. The summed E-state index contributed by atoms with van der Waals surface area (Å²) in [6, 6.07) is 16.2. The van der Waals surface area contributed by atoms with Crippen LogP contribution in [-0.2, 0) is 14.4 Å². The summed E-state index contributed by atoms with van der Waals surface area (Å²) in [7, 11) is 0. The molecule has 3 amide bonds. The predicted octanol–water partition coefficient (Wildman–Crippen LogP) is 20.8. The molecule has 3 fully saturated rings. The van der Waals surface area contributed by atoms with E-state index in [-0.39, 0.29) is 149 Å². The first-order valence-corrected chi connectivity index (χ1v) is 45.8. The van der Waals surface area contributed by atoms with Crippen LogP contribution >= 0.6 is 139 Å². The zero-order chi connectivity index (χ0) is 98.7. The van der Waals surface area contributed by atoms with Crippen LogP contribution in [0.2, 0.25) is 60.3 Å². The Morgan fingerprint density at radius 3 is 0.874 bits per heavy atom. The molecule has 696 valence electrons. The van der Waals surface area contributed by atoms with E-state index in [4.69, 9.17) is 171 Å². The van der Waals surface area contributed by atoms with Crippen molar-refractivity contribution in [1.82, 2.24) is 58.3 Å². The molecule has 42 heteroatoms. The van der Waals surface area contributed by atoms with Crippen LogP contribution in [0.3, 0.4) is 0 Å². The molecule has 0 aliphatic carbocycles. The first-order chi connectivity index (χ1) is 64.0.